The van der Waals surface area contributed by atoms with E-state index in [1.807, 2.05) is 12.1 Å². The summed E-state index contributed by atoms with van der Waals surface area (Å²) in [5, 5.41) is 4.21. The Kier molecular flexibility index (Phi) is 6.09. The molecule has 0 N–H and O–H groups in total. The number of hydrogen-bond donors (Lipinski definition) is 0. The summed E-state index contributed by atoms with van der Waals surface area (Å²) < 4.78 is 33.7. The first-order valence-electron chi connectivity index (χ1n) is 10.0. The molecule has 0 spiro atoms. The van der Waals surface area contributed by atoms with Gasteiger partial charge in [-0.1, -0.05) is 52.3 Å². The van der Waals surface area contributed by atoms with E-state index in [1.165, 1.54) is 11.1 Å². The Bertz CT molecular complexity index is 1120. The van der Waals surface area contributed by atoms with Crippen LogP contribution in [0.1, 0.15) is 54.4 Å². The van der Waals surface area contributed by atoms with Gasteiger partial charge in [-0.05, 0) is 55.2 Å². The highest BCUT2D eigenvalue weighted by Crippen LogP contribution is 2.32. The quantitative estimate of drug-likeness (QED) is 0.511. The molecular formula is C22H24BrN3O3S. The number of benzene rings is 2. The van der Waals surface area contributed by atoms with Crippen LogP contribution < -0.4 is 0 Å². The largest absolute Gasteiger partial charge is 0.339 e. The highest BCUT2D eigenvalue weighted by atomic mass is 79.9. The van der Waals surface area contributed by atoms with E-state index in [-0.39, 0.29) is 11.8 Å². The van der Waals surface area contributed by atoms with E-state index in [9.17, 15) is 8.42 Å². The van der Waals surface area contributed by atoms with Crippen molar-refractivity contribution in [3.63, 3.8) is 0 Å². The van der Waals surface area contributed by atoms with Gasteiger partial charge in [0.1, 0.15) is 0 Å². The van der Waals surface area contributed by atoms with Crippen LogP contribution in [0.2, 0.25) is 0 Å². The number of aromatic nitrogens is 2. The molecule has 1 aromatic heterocycles. The lowest BCUT2D eigenvalue weighted by molar-refractivity contribution is 0.270. The van der Waals surface area contributed by atoms with E-state index in [0.29, 0.717) is 42.5 Å². The SMILES string of the molecule is Cc1ccccc1[C@H](C)c1noc(C2CCN(S(=O)(=O)c3ccc(Br)cc3)CC2)n1. The lowest BCUT2D eigenvalue weighted by Crippen LogP contribution is -2.37. The predicted molar refractivity (Wildman–Crippen MR) is 118 cm³/mol. The maximum absolute atomic E-state index is 12.9. The van der Waals surface area contributed by atoms with Crippen molar-refractivity contribution in [3.8, 4) is 0 Å². The standard InChI is InChI=1S/C22H24BrN3O3S/c1-15-5-3-4-6-20(15)16(2)21-24-22(29-25-21)17-11-13-26(14-12-17)30(27,28)19-9-7-18(23)8-10-19/h3-10,16-17H,11-14H2,1-2H3/t16-/m0/s1. The molecule has 3 aromatic rings. The van der Waals surface area contributed by atoms with Gasteiger partial charge in [0.05, 0.1) is 4.90 Å². The van der Waals surface area contributed by atoms with Crippen LogP contribution in [0.15, 0.2) is 62.4 Å². The molecule has 158 valence electrons. The summed E-state index contributed by atoms with van der Waals surface area (Å²) >= 11 is 3.34. The van der Waals surface area contributed by atoms with E-state index in [2.05, 4.69) is 52.1 Å². The van der Waals surface area contributed by atoms with Crippen LogP contribution in [0.25, 0.3) is 0 Å². The molecule has 1 aliphatic heterocycles. The second-order valence-electron chi connectivity index (χ2n) is 7.70. The molecule has 8 heteroatoms. The molecule has 1 aliphatic rings. The summed E-state index contributed by atoms with van der Waals surface area (Å²) in [5.74, 6) is 1.39. The van der Waals surface area contributed by atoms with Gasteiger partial charge < -0.3 is 4.52 Å². The van der Waals surface area contributed by atoms with Crippen molar-refractivity contribution in [1.82, 2.24) is 14.4 Å². The Balaban J connectivity index is 1.44. The van der Waals surface area contributed by atoms with Crippen LogP contribution >= 0.6 is 15.9 Å². The number of nitrogens with zero attached hydrogens (tertiary/aromatic N) is 3. The normalized spacial score (nSPS) is 17.2. The maximum atomic E-state index is 12.9. The lowest BCUT2D eigenvalue weighted by atomic mass is 9.95. The predicted octanol–water partition coefficient (Wildman–Crippen LogP) is 4.86. The molecule has 1 saturated heterocycles. The first kappa shape index (κ1) is 21.2. The molecule has 30 heavy (non-hydrogen) atoms. The molecule has 0 amide bonds. The minimum Gasteiger partial charge on any atom is -0.339 e. The Morgan fingerprint density at radius 1 is 1.10 bits per heavy atom. The van der Waals surface area contributed by atoms with Crippen molar-refractivity contribution >= 4 is 26.0 Å². The minimum atomic E-state index is -3.49. The van der Waals surface area contributed by atoms with Gasteiger partial charge in [0.25, 0.3) is 0 Å². The van der Waals surface area contributed by atoms with Gasteiger partial charge in [0.2, 0.25) is 15.9 Å². The maximum Gasteiger partial charge on any atom is 0.243 e. The Hall–Kier alpha value is -2.03. The second-order valence-corrected chi connectivity index (χ2v) is 10.6. The first-order valence-corrected chi connectivity index (χ1v) is 12.2. The number of sulfonamides is 1. The molecule has 2 aromatic carbocycles. The van der Waals surface area contributed by atoms with E-state index < -0.39 is 10.0 Å². The van der Waals surface area contributed by atoms with Crippen molar-refractivity contribution in [1.29, 1.82) is 0 Å². The topological polar surface area (TPSA) is 76.3 Å². The summed E-state index contributed by atoms with van der Waals surface area (Å²) in [4.78, 5) is 4.97. The molecule has 0 radical (unpaired) electrons. The number of halogens is 1. The van der Waals surface area contributed by atoms with E-state index in [1.54, 1.807) is 28.6 Å². The Morgan fingerprint density at radius 3 is 2.43 bits per heavy atom. The molecule has 0 unspecified atom stereocenters. The smallest absolute Gasteiger partial charge is 0.243 e. The van der Waals surface area contributed by atoms with Gasteiger partial charge in [0, 0.05) is 29.4 Å². The van der Waals surface area contributed by atoms with Gasteiger partial charge in [-0.3, -0.25) is 0 Å². The van der Waals surface area contributed by atoms with Crippen LogP contribution in [-0.4, -0.2) is 36.0 Å². The van der Waals surface area contributed by atoms with E-state index in [4.69, 9.17) is 4.52 Å². The highest BCUT2D eigenvalue weighted by Gasteiger charge is 2.32. The monoisotopic (exact) mass is 489 g/mol. The van der Waals surface area contributed by atoms with E-state index >= 15 is 0 Å². The first-order chi connectivity index (χ1) is 14.4. The number of aryl methyl sites for hydroxylation is 1. The second kappa shape index (κ2) is 8.61. The Labute approximate surface area is 185 Å². The fourth-order valence-electron chi connectivity index (χ4n) is 3.90. The fourth-order valence-corrected chi connectivity index (χ4v) is 5.63. The minimum absolute atomic E-state index is 0.0431. The molecule has 2 heterocycles. The van der Waals surface area contributed by atoms with Gasteiger partial charge in [0.15, 0.2) is 5.82 Å². The van der Waals surface area contributed by atoms with Crippen LogP contribution in [-0.2, 0) is 10.0 Å². The van der Waals surface area contributed by atoms with Crippen molar-refractivity contribution in [2.24, 2.45) is 0 Å². The average Bonchev–Trinajstić information content (AvgIpc) is 3.24. The number of piperidine rings is 1. The third-order valence-electron chi connectivity index (χ3n) is 5.75. The Morgan fingerprint density at radius 2 is 1.77 bits per heavy atom. The van der Waals surface area contributed by atoms with Crippen LogP contribution in [0.4, 0.5) is 0 Å². The zero-order valence-electron chi connectivity index (χ0n) is 17.0. The molecule has 1 fully saturated rings. The third-order valence-corrected chi connectivity index (χ3v) is 8.20. The molecule has 1 atom stereocenters. The van der Waals surface area contributed by atoms with E-state index in [0.717, 1.165) is 4.47 Å². The molecule has 6 nitrogen and oxygen atoms in total. The summed E-state index contributed by atoms with van der Waals surface area (Å²) in [5.41, 5.74) is 2.38. The van der Waals surface area contributed by atoms with Crippen LogP contribution in [0.5, 0.6) is 0 Å². The van der Waals surface area contributed by atoms with Crippen molar-refractivity contribution in [2.45, 2.75) is 43.4 Å². The summed E-state index contributed by atoms with van der Waals surface area (Å²) in [7, 11) is -3.49. The summed E-state index contributed by atoms with van der Waals surface area (Å²) in [6.07, 6.45) is 1.33. The summed E-state index contributed by atoms with van der Waals surface area (Å²) in [6, 6.07) is 14.9. The molecule has 0 bridgehead atoms. The third kappa shape index (κ3) is 4.22. The zero-order valence-corrected chi connectivity index (χ0v) is 19.4. The fraction of sp³-hybridized carbons (Fsp3) is 0.364. The van der Waals surface area contributed by atoms with Crippen LogP contribution in [0.3, 0.4) is 0 Å². The van der Waals surface area contributed by atoms with Crippen molar-refractivity contribution < 1.29 is 12.9 Å². The average molecular weight is 490 g/mol. The summed E-state index contributed by atoms with van der Waals surface area (Å²) in [6.45, 7) is 5.03. The van der Waals surface area contributed by atoms with Gasteiger partial charge in [-0.25, -0.2) is 8.42 Å². The molecule has 4 rings (SSSR count). The number of rotatable bonds is 5. The zero-order chi connectivity index (χ0) is 21.3. The number of hydrogen-bond acceptors (Lipinski definition) is 5. The van der Waals surface area contributed by atoms with Crippen molar-refractivity contribution in [2.75, 3.05) is 13.1 Å². The van der Waals surface area contributed by atoms with Gasteiger partial charge >= 0.3 is 0 Å². The molecular weight excluding hydrogens is 466 g/mol. The lowest BCUT2D eigenvalue weighted by Gasteiger charge is -2.29. The van der Waals surface area contributed by atoms with Gasteiger partial charge in [-0.15, -0.1) is 0 Å². The van der Waals surface area contributed by atoms with Crippen molar-refractivity contribution in [3.05, 3.63) is 75.8 Å². The van der Waals surface area contributed by atoms with Crippen LogP contribution in [0, 0.1) is 6.92 Å². The highest BCUT2D eigenvalue weighted by molar-refractivity contribution is 9.10. The van der Waals surface area contributed by atoms with Gasteiger partial charge in [-0.2, -0.15) is 9.29 Å². The molecule has 0 saturated carbocycles. The molecule has 0 aliphatic carbocycles.